The molecule has 1 aromatic carbocycles. The molecule has 2 aromatic heterocycles. The zero-order chi connectivity index (χ0) is 25.1. The molecule has 1 saturated heterocycles. The summed E-state index contributed by atoms with van der Waals surface area (Å²) in [5.41, 5.74) is 13.1. The standard InChI is InChI=1S/C25H28FN7O3.H2/c1-14-23-21(32-25(27)29-14)11-20(31-24(23)33-36-13-16-12-28-8-9-35-16)17-7-6-15(26)10-18(17)19-4-3-5-22(30-19)34-2;/h3-7,10,16,20,28H,8-9,11-13H2,1-2H3,(H,31,33)(H2,27,29,32);1H/t16-,20+;/m0./s1. The van der Waals surface area contributed by atoms with Gasteiger partial charge in [-0.3, -0.25) is 9.83 Å². The minimum absolute atomic E-state index is 0. The second-order valence-corrected chi connectivity index (χ2v) is 8.59. The van der Waals surface area contributed by atoms with Gasteiger partial charge in [-0.05, 0) is 30.7 Å². The minimum Gasteiger partial charge on any atom is -0.481 e. The first-order valence-corrected chi connectivity index (χ1v) is 11.7. The second-order valence-electron chi connectivity index (χ2n) is 8.59. The summed E-state index contributed by atoms with van der Waals surface area (Å²) in [6.45, 7) is 4.35. The average molecular weight is 496 g/mol. The first-order valence-electron chi connectivity index (χ1n) is 11.7. The first-order chi connectivity index (χ1) is 17.5. The highest BCUT2D eigenvalue weighted by atomic mass is 19.1. The lowest BCUT2D eigenvalue weighted by molar-refractivity contribution is -0.0470. The fourth-order valence-electron chi connectivity index (χ4n) is 4.47. The van der Waals surface area contributed by atoms with E-state index in [4.69, 9.17) is 25.0 Å². The van der Waals surface area contributed by atoms with Crippen molar-refractivity contribution in [2.75, 3.05) is 39.1 Å². The van der Waals surface area contributed by atoms with Crippen molar-refractivity contribution in [2.45, 2.75) is 25.5 Å². The van der Waals surface area contributed by atoms with Crippen LogP contribution in [0.5, 0.6) is 5.88 Å². The van der Waals surface area contributed by atoms with Crippen molar-refractivity contribution in [3.05, 3.63) is 64.7 Å². The number of fused-ring (bicyclic) bond motifs is 1. The number of amidine groups is 1. The van der Waals surface area contributed by atoms with Crippen LogP contribution in [-0.2, 0) is 16.0 Å². The van der Waals surface area contributed by atoms with Crippen LogP contribution in [0.1, 0.15) is 30.0 Å². The number of nitrogens with one attached hydrogen (secondary N) is 2. The third-order valence-corrected chi connectivity index (χ3v) is 6.12. The Hall–Kier alpha value is -3.67. The summed E-state index contributed by atoms with van der Waals surface area (Å²) in [5.74, 6) is 0.731. The normalized spacial score (nSPS) is 19.4. The van der Waals surface area contributed by atoms with Gasteiger partial charge in [0.15, 0.2) is 5.84 Å². The Kier molecular flexibility index (Phi) is 7.03. The number of halogens is 1. The van der Waals surface area contributed by atoms with E-state index in [9.17, 15) is 4.39 Å². The highest BCUT2D eigenvalue weighted by molar-refractivity contribution is 6.01. The van der Waals surface area contributed by atoms with Crippen LogP contribution in [0.4, 0.5) is 10.3 Å². The molecule has 0 amide bonds. The highest BCUT2D eigenvalue weighted by Crippen LogP contribution is 2.36. The van der Waals surface area contributed by atoms with Crippen LogP contribution < -0.4 is 21.3 Å². The molecule has 5 rings (SSSR count). The summed E-state index contributed by atoms with van der Waals surface area (Å²) in [7, 11) is 1.54. The molecule has 2 aliphatic rings. The molecule has 190 valence electrons. The van der Waals surface area contributed by atoms with Gasteiger partial charge in [-0.25, -0.2) is 24.8 Å². The maximum atomic E-state index is 14.4. The summed E-state index contributed by atoms with van der Waals surface area (Å²) >= 11 is 0. The van der Waals surface area contributed by atoms with Crippen molar-refractivity contribution in [1.29, 1.82) is 0 Å². The number of ether oxygens (including phenoxy) is 2. The van der Waals surface area contributed by atoms with Gasteiger partial charge in [0.05, 0.1) is 48.5 Å². The van der Waals surface area contributed by atoms with E-state index in [2.05, 4.69) is 25.7 Å². The lowest BCUT2D eigenvalue weighted by Gasteiger charge is -2.27. The molecule has 1 fully saturated rings. The van der Waals surface area contributed by atoms with E-state index in [1.54, 1.807) is 19.2 Å². The molecule has 4 heterocycles. The van der Waals surface area contributed by atoms with E-state index in [-0.39, 0.29) is 19.3 Å². The number of hydroxylamine groups is 1. The summed E-state index contributed by atoms with van der Waals surface area (Å²) in [5, 5.41) is 3.27. The molecule has 36 heavy (non-hydrogen) atoms. The van der Waals surface area contributed by atoms with Crippen molar-refractivity contribution in [2.24, 2.45) is 4.99 Å². The monoisotopic (exact) mass is 495 g/mol. The zero-order valence-electron chi connectivity index (χ0n) is 20.1. The van der Waals surface area contributed by atoms with Crippen LogP contribution in [0.3, 0.4) is 0 Å². The number of aryl methyl sites for hydroxylation is 1. The quantitative estimate of drug-likeness (QED) is 0.442. The van der Waals surface area contributed by atoms with Gasteiger partial charge in [-0.1, -0.05) is 12.1 Å². The largest absolute Gasteiger partial charge is 0.481 e. The van der Waals surface area contributed by atoms with Crippen LogP contribution in [0.15, 0.2) is 41.4 Å². The lowest BCUT2D eigenvalue weighted by Crippen LogP contribution is -2.43. The third kappa shape index (κ3) is 5.13. The second kappa shape index (κ2) is 10.5. The predicted octanol–water partition coefficient (Wildman–Crippen LogP) is 2.38. The van der Waals surface area contributed by atoms with Crippen LogP contribution >= 0.6 is 0 Å². The summed E-state index contributed by atoms with van der Waals surface area (Å²) in [4.78, 5) is 24.0. The predicted molar refractivity (Wildman–Crippen MR) is 134 cm³/mol. The fraction of sp³-hybridized carbons (Fsp3) is 0.360. The van der Waals surface area contributed by atoms with Gasteiger partial charge in [0.25, 0.3) is 0 Å². The number of aromatic nitrogens is 3. The van der Waals surface area contributed by atoms with Gasteiger partial charge < -0.3 is 20.5 Å². The Morgan fingerprint density at radius 2 is 2.14 bits per heavy atom. The number of rotatable bonds is 6. The number of nitrogens with zero attached hydrogens (tertiary/aromatic N) is 4. The molecular weight excluding hydrogens is 465 g/mol. The maximum Gasteiger partial charge on any atom is 0.220 e. The molecule has 0 spiro atoms. The number of pyridine rings is 1. The summed E-state index contributed by atoms with van der Waals surface area (Å²) in [6.07, 6.45) is 0.379. The van der Waals surface area contributed by atoms with Crippen LogP contribution in [0.2, 0.25) is 0 Å². The molecule has 2 aliphatic heterocycles. The minimum atomic E-state index is -0.395. The number of methoxy groups -OCH3 is 1. The van der Waals surface area contributed by atoms with E-state index in [0.717, 1.165) is 23.4 Å². The Balaban J connectivity index is 0.00000320. The molecule has 4 N–H and O–H groups in total. The smallest absolute Gasteiger partial charge is 0.220 e. The van der Waals surface area contributed by atoms with E-state index < -0.39 is 6.04 Å². The molecule has 0 bridgehead atoms. The van der Waals surface area contributed by atoms with Crippen LogP contribution in [-0.4, -0.2) is 60.3 Å². The Labute approximate surface area is 209 Å². The molecule has 2 atom stereocenters. The van der Waals surface area contributed by atoms with Gasteiger partial charge >= 0.3 is 0 Å². The number of nitrogen functional groups attached to an aromatic ring is 1. The molecule has 0 unspecified atom stereocenters. The van der Waals surface area contributed by atoms with Crippen molar-refractivity contribution < 1.29 is 20.1 Å². The molecule has 0 radical (unpaired) electrons. The third-order valence-electron chi connectivity index (χ3n) is 6.12. The lowest BCUT2D eigenvalue weighted by atomic mass is 9.91. The van der Waals surface area contributed by atoms with E-state index in [1.807, 2.05) is 19.1 Å². The highest BCUT2D eigenvalue weighted by Gasteiger charge is 2.29. The van der Waals surface area contributed by atoms with Gasteiger partial charge in [0.2, 0.25) is 11.8 Å². The molecule has 11 heteroatoms. The van der Waals surface area contributed by atoms with Crippen LogP contribution in [0, 0.1) is 12.7 Å². The number of benzene rings is 1. The number of morpholine rings is 1. The SMILES string of the molecule is COc1cccc(-c2cc(F)ccc2[C@H]2Cc3nc(N)nc(C)c3C(NOC[C@@H]3CNCCO3)=N2)n1.[HH]. The summed E-state index contributed by atoms with van der Waals surface area (Å²) in [6, 6.07) is 9.57. The van der Waals surface area contributed by atoms with Gasteiger partial charge in [-0.15, -0.1) is 0 Å². The molecule has 0 aliphatic carbocycles. The topological polar surface area (TPSA) is 129 Å². The fourth-order valence-corrected chi connectivity index (χ4v) is 4.47. The van der Waals surface area contributed by atoms with Gasteiger partial charge in [0, 0.05) is 32.6 Å². The first kappa shape index (κ1) is 24.0. The number of anilines is 1. The van der Waals surface area contributed by atoms with Crippen molar-refractivity contribution in [1.82, 2.24) is 25.7 Å². The molecule has 0 saturated carbocycles. The Morgan fingerprint density at radius 3 is 2.94 bits per heavy atom. The van der Waals surface area contributed by atoms with Crippen molar-refractivity contribution in [3.8, 4) is 17.1 Å². The Morgan fingerprint density at radius 1 is 1.25 bits per heavy atom. The van der Waals surface area contributed by atoms with Crippen molar-refractivity contribution >= 4 is 11.8 Å². The van der Waals surface area contributed by atoms with E-state index >= 15 is 0 Å². The van der Waals surface area contributed by atoms with Gasteiger partial charge in [-0.2, -0.15) is 0 Å². The van der Waals surface area contributed by atoms with Gasteiger partial charge in [0.1, 0.15) is 12.4 Å². The molecular formula is C25H30FN7O3. The van der Waals surface area contributed by atoms with E-state index in [1.165, 1.54) is 12.1 Å². The number of hydrogen-bond donors (Lipinski definition) is 3. The zero-order valence-corrected chi connectivity index (χ0v) is 20.1. The average Bonchev–Trinajstić information content (AvgIpc) is 2.88. The Bertz CT molecular complexity index is 1290. The maximum absolute atomic E-state index is 14.4. The number of nitrogens with two attached hydrogens (primary N) is 1. The summed E-state index contributed by atoms with van der Waals surface area (Å²) < 4.78 is 25.3. The molecule has 3 aromatic rings. The van der Waals surface area contributed by atoms with Crippen molar-refractivity contribution in [3.63, 3.8) is 0 Å². The van der Waals surface area contributed by atoms with Crippen LogP contribution in [0.25, 0.3) is 11.3 Å². The van der Waals surface area contributed by atoms with E-state index in [0.29, 0.717) is 54.8 Å². The number of aliphatic imine (C=N–C) groups is 1. The molecule has 10 nitrogen and oxygen atoms in total. The number of hydrogen-bond acceptors (Lipinski definition) is 10.